The zero-order chi connectivity index (χ0) is 20.6. The van der Waals surface area contributed by atoms with Gasteiger partial charge in [-0.05, 0) is 61.7 Å². The summed E-state index contributed by atoms with van der Waals surface area (Å²) in [5.74, 6) is -0.140. The number of nitrogens with zero attached hydrogens (tertiary/aromatic N) is 3. The average molecular weight is 419 g/mol. The molecule has 0 amide bonds. The van der Waals surface area contributed by atoms with E-state index in [-0.39, 0.29) is 29.7 Å². The molecule has 2 heterocycles. The lowest BCUT2D eigenvalue weighted by Gasteiger charge is -2.29. The smallest absolute Gasteiger partial charge is 0.257 e. The Bertz CT molecular complexity index is 1120. The van der Waals surface area contributed by atoms with Gasteiger partial charge in [-0.1, -0.05) is 11.2 Å². The van der Waals surface area contributed by atoms with Crippen molar-refractivity contribution in [2.75, 3.05) is 13.1 Å². The lowest BCUT2D eigenvalue weighted by Crippen LogP contribution is -2.38. The van der Waals surface area contributed by atoms with Crippen molar-refractivity contribution in [1.82, 2.24) is 14.4 Å². The van der Waals surface area contributed by atoms with Crippen LogP contribution in [0.3, 0.4) is 0 Å². The lowest BCUT2D eigenvalue weighted by molar-refractivity contribution is 0.307. The van der Waals surface area contributed by atoms with Gasteiger partial charge in [0.1, 0.15) is 11.6 Å². The molecular formula is C20H19F2N3O3S. The van der Waals surface area contributed by atoms with Crippen LogP contribution >= 0.6 is 0 Å². The number of piperidine rings is 1. The molecule has 0 aliphatic carbocycles. The third-order valence-electron chi connectivity index (χ3n) is 5.13. The fraction of sp³-hybridized carbons (Fsp3) is 0.300. The number of benzene rings is 2. The predicted octanol–water partition coefficient (Wildman–Crippen LogP) is 3.89. The maximum atomic E-state index is 13.8. The van der Waals surface area contributed by atoms with Gasteiger partial charge in [0, 0.05) is 24.6 Å². The largest absolute Gasteiger partial charge is 0.334 e. The highest BCUT2D eigenvalue weighted by molar-refractivity contribution is 7.89. The molecule has 0 N–H and O–H groups in total. The van der Waals surface area contributed by atoms with Gasteiger partial charge < -0.3 is 4.52 Å². The van der Waals surface area contributed by atoms with E-state index in [4.69, 9.17) is 4.52 Å². The molecule has 3 aromatic rings. The first-order valence-electron chi connectivity index (χ1n) is 9.20. The van der Waals surface area contributed by atoms with Gasteiger partial charge in [-0.25, -0.2) is 17.2 Å². The minimum absolute atomic E-state index is 0.0443. The maximum Gasteiger partial charge on any atom is 0.257 e. The lowest BCUT2D eigenvalue weighted by atomic mass is 9.97. The molecule has 29 heavy (non-hydrogen) atoms. The van der Waals surface area contributed by atoms with Gasteiger partial charge in [-0.2, -0.15) is 9.29 Å². The van der Waals surface area contributed by atoms with Crippen molar-refractivity contribution in [3.8, 4) is 11.5 Å². The molecule has 0 unspecified atom stereocenters. The van der Waals surface area contributed by atoms with E-state index >= 15 is 0 Å². The Morgan fingerprint density at radius 1 is 1.07 bits per heavy atom. The number of hydrogen-bond donors (Lipinski definition) is 0. The fourth-order valence-electron chi connectivity index (χ4n) is 3.35. The number of aryl methyl sites for hydroxylation is 1. The van der Waals surface area contributed by atoms with Gasteiger partial charge in [0.05, 0.1) is 4.90 Å². The van der Waals surface area contributed by atoms with E-state index in [2.05, 4.69) is 10.1 Å². The summed E-state index contributed by atoms with van der Waals surface area (Å²) in [6.45, 7) is 2.15. The summed E-state index contributed by atoms with van der Waals surface area (Å²) in [7, 11) is -3.76. The minimum Gasteiger partial charge on any atom is -0.334 e. The second-order valence-electron chi connectivity index (χ2n) is 7.05. The Kier molecular flexibility index (Phi) is 5.18. The van der Waals surface area contributed by atoms with Gasteiger partial charge in [0.25, 0.3) is 5.89 Å². The highest BCUT2D eigenvalue weighted by Gasteiger charge is 2.32. The summed E-state index contributed by atoms with van der Waals surface area (Å²) in [5, 5.41) is 4.01. The molecule has 6 nitrogen and oxygen atoms in total. The molecule has 0 saturated carbocycles. The van der Waals surface area contributed by atoms with Gasteiger partial charge in [0.15, 0.2) is 5.82 Å². The van der Waals surface area contributed by atoms with E-state index in [0.717, 1.165) is 6.07 Å². The fourth-order valence-corrected chi connectivity index (χ4v) is 4.83. The summed E-state index contributed by atoms with van der Waals surface area (Å²) in [6.07, 6.45) is 1.05. The molecule has 0 radical (unpaired) electrons. The molecular weight excluding hydrogens is 400 g/mol. The molecule has 1 aliphatic heterocycles. The molecule has 0 spiro atoms. The Morgan fingerprint density at radius 3 is 2.41 bits per heavy atom. The summed E-state index contributed by atoms with van der Waals surface area (Å²) in [6, 6.07) is 9.70. The normalized spacial score (nSPS) is 16.2. The van der Waals surface area contributed by atoms with Crippen molar-refractivity contribution in [2.24, 2.45) is 0 Å². The number of aromatic nitrogens is 2. The average Bonchev–Trinajstić information content (AvgIpc) is 3.21. The molecule has 152 valence electrons. The Labute approximate surface area is 167 Å². The first-order valence-corrected chi connectivity index (χ1v) is 10.6. The van der Waals surface area contributed by atoms with Crippen LogP contribution in [0.1, 0.15) is 30.1 Å². The quantitative estimate of drug-likeness (QED) is 0.641. The van der Waals surface area contributed by atoms with Gasteiger partial charge in [0.2, 0.25) is 10.0 Å². The van der Waals surface area contributed by atoms with Crippen LogP contribution in [-0.2, 0) is 10.0 Å². The molecule has 1 saturated heterocycles. The third-order valence-corrected chi connectivity index (χ3v) is 7.03. The van der Waals surface area contributed by atoms with Crippen molar-refractivity contribution < 1.29 is 21.7 Å². The predicted molar refractivity (Wildman–Crippen MR) is 102 cm³/mol. The van der Waals surface area contributed by atoms with Crippen LogP contribution in [0.5, 0.6) is 0 Å². The number of sulfonamides is 1. The van der Waals surface area contributed by atoms with E-state index in [0.29, 0.717) is 35.7 Å². The topological polar surface area (TPSA) is 76.3 Å². The Hall–Kier alpha value is -2.65. The molecule has 0 bridgehead atoms. The van der Waals surface area contributed by atoms with Crippen molar-refractivity contribution in [3.63, 3.8) is 0 Å². The van der Waals surface area contributed by atoms with Crippen LogP contribution in [0.4, 0.5) is 8.78 Å². The van der Waals surface area contributed by atoms with Gasteiger partial charge in [-0.3, -0.25) is 0 Å². The molecule has 4 rings (SSSR count). The molecule has 9 heteroatoms. The molecule has 0 atom stereocenters. The van der Waals surface area contributed by atoms with E-state index in [1.807, 2.05) is 0 Å². The van der Waals surface area contributed by atoms with Crippen molar-refractivity contribution >= 4 is 10.0 Å². The first kappa shape index (κ1) is 19.7. The summed E-state index contributed by atoms with van der Waals surface area (Å²) >= 11 is 0. The van der Waals surface area contributed by atoms with Crippen molar-refractivity contribution in [1.29, 1.82) is 0 Å². The number of hydrogen-bond acceptors (Lipinski definition) is 5. The highest BCUT2D eigenvalue weighted by atomic mass is 32.2. The van der Waals surface area contributed by atoms with Gasteiger partial charge in [-0.15, -0.1) is 0 Å². The zero-order valence-electron chi connectivity index (χ0n) is 15.7. The SMILES string of the molecule is Cc1ccc(S(=O)(=O)N2CCC(c3noc(-c4ccc(F)cc4)n3)CC2)cc1F. The first-order chi connectivity index (χ1) is 13.8. The molecule has 1 fully saturated rings. The van der Waals surface area contributed by atoms with E-state index in [1.165, 1.54) is 28.6 Å². The van der Waals surface area contributed by atoms with Crippen LogP contribution in [0.25, 0.3) is 11.5 Å². The molecule has 2 aromatic carbocycles. The van der Waals surface area contributed by atoms with Gasteiger partial charge >= 0.3 is 0 Å². The summed E-state index contributed by atoms with van der Waals surface area (Å²) in [5.41, 5.74) is 1.02. The highest BCUT2D eigenvalue weighted by Crippen LogP contribution is 2.31. The van der Waals surface area contributed by atoms with Crippen LogP contribution in [0.15, 0.2) is 51.9 Å². The van der Waals surface area contributed by atoms with E-state index in [9.17, 15) is 17.2 Å². The second kappa shape index (κ2) is 7.64. The van der Waals surface area contributed by atoms with Crippen molar-refractivity contribution in [3.05, 3.63) is 65.5 Å². The Morgan fingerprint density at radius 2 is 1.76 bits per heavy atom. The zero-order valence-corrected chi connectivity index (χ0v) is 16.5. The third kappa shape index (κ3) is 3.92. The van der Waals surface area contributed by atoms with Crippen LogP contribution in [0.2, 0.25) is 0 Å². The summed E-state index contributed by atoms with van der Waals surface area (Å²) < 4.78 is 59.1. The number of halogens is 2. The van der Waals surface area contributed by atoms with Crippen molar-refractivity contribution in [2.45, 2.75) is 30.6 Å². The van der Waals surface area contributed by atoms with E-state index in [1.54, 1.807) is 19.1 Å². The molecule has 1 aromatic heterocycles. The maximum absolute atomic E-state index is 13.8. The Balaban J connectivity index is 1.45. The van der Waals surface area contributed by atoms with Crippen LogP contribution in [0, 0.1) is 18.6 Å². The van der Waals surface area contributed by atoms with E-state index < -0.39 is 15.8 Å². The van der Waals surface area contributed by atoms with Crippen LogP contribution < -0.4 is 0 Å². The number of rotatable bonds is 4. The second-order valence-corrected chi connectivity index (χ2v) is 8.99. The standard InChI is InChI=1S/C20H19F2N3O3S/c1-13-2-7-17(12-18(13)22)29(26,27)25-10-8-14(9-11-25)19-23-20(28-24-19)15-3-5-16(21)6-4-15/h2-7,12,14H,8-11H2,1H3. The molecule has 1 aliphatic rings. The summed E-state index contributed by atoms with van der Waals surface area (Å²) in [4.78, 5) is 4.34. The minimum atomic E-state index is -3.76. The monoisotopic (exact) mass is 419 g/mol. The van der Waals surface area contributed by atoms with Crippen LogP contribution in [-0.4, -0.2) is 36.0 Å².